The summed E-state index contributed by atoms with van der Waals surface area (Å²) in [5.74, 6) is 1.20. The van der Waals surface area contributed by atoms with Crippen LogP contribution in [-0.2, 0) is 11.2 Å². The van der Waals surface area contributed by atoms with Gasteiger partial charge in [-0.1, -0.05) is 12.1 Å². The molecule has 1 saturated heterocycles. The molecule has 0 unspecified atom stereocenters. The van der Waals surface area contributed by atoms with E-state index in [-0.39, 0.29) is 5.97 Å². The van der Waals surface area contributed by atoms with Crippen molar-refractivity contribution in [1.82, 2.24) is 5.32 Å². The SMILES string of the molecule is CC(C)(C)C(=O)Oc1cccc2c1CC[C@H]1NCCC[C@H]21. The molecule has 1 fully saturated rings. The molecule has 114 valence electrons. The Balaban J connectivity index is 1.90. The van der Waals surface area contributed by atoms with E-state index in [0.29, 0.717) is 12.0 Å². The van der Waals surface area contributed by atoms with E-state index < -0.39 is 5.41 Å². The average Bonchev–Trinajstić information content (AvgIpc) is 2.46. The highest BCUT2D eigenvalue weighted by molar-refractivity contribution is 5.78. The highest BCUT2D eigenvalue weighted by Crippen LogP contribution is 2.40. The third-order valence-corrected chi connectivity index (χ3v) is 4.67. The van der Waals surface area contributed by atoms with Crippen LogP contribution in [0.15, 0.2) is 18.2 Å². The van der Waals surface area contributed by atoms with Crippen LogP contribution in [0.5, 0.6) is 5.75 Å². The summed E-state index contributed by atoms with van der Waals surface area (Å²) in [7, 11) is 0. The molecule has 2 aliphatic rings. The fourth-order valence-electron chi connectivity index (χ4n) is 3.47. The molecule has 1 N–H and O–H groups in total. The maximum absolute atomic E-state index is 12.2. The van der Waals surface area contributed by atoms with Crippen molar-refractivity contribution in [2.75, 3.05) is 6.54 Å². The van der Waals surface area contributed by atoms with E-state index in [1.54, 1.807) is 0 Å². The second-order valence-electron chi connectivity index (χ2n) is 7.31. The van der Waals surface area contributed by atoms with Crippen LogP contribution in [0.2, 0.25) is 0 Å². The van der Waals surface area contributed by atoms with Crippen molar-refractivity contribution in [3.05, 3.63) is 29.3 Å². The number of esters is 1. The smallest absolute Gasteiger partial charge is 0.316 e. The van der Waals surface area contributed by atoms with E-state index in [2.05, 4.69) is 11.4 Å². The van der Waals surface area contributed by atoms with Gasteiger partial charge in [-0.05, 0) is 76.1 Å². The number of ether oxygens (including phenoxy) is 1. The first-order chi connectivity index (χ1) is 9.97. The van der Waals surface area contributed by atoms with Gasteiger partial charge in [-0.2, -0.15) is 0 Å². The Morgan fingerprint density at radius 3 is 2.86 bits per heavy atom. The Hall–Kier alpha value is -1.35. The summed E-state index contributed by atoms with van der Waals surface area (Å²) in [6.45, 7) is 6.82. The average molecular weight is 287 g/mol. The van der Waals surface area contributed by atoms with Crippen molar-refractivity contribution in [1.29, 1.82) is 0 Å². The van der Waals surface area contributed by atoms with Gasteiger partial charge in [0.25, 0.3) is 0 Å². The second kappa shape index (κ2) is 5.45. The van der Waals surface area contributed by atoms with Gasteiger partial charge < -0.3 is 10.1 Å². The minimum absolute atomic E-state index is 0.153. The predicted octanol–water partition coefficient (Wildman–Crippen LogP) is 3.42. The summed E-state index contributed by atoms with van der Waals surface area (Å²) in [5.41, 5.74) is 2.17. The van der Waals surface area contributed by atoms with Crippen molar-refractivity contribution >= 4 is 5.97 Å². The lowest BCUT2D eigenvalue weighted by molar-refractivity contribution is -0.143. The van der Waals surface area contributed by atoms with Crippen LogP contribution in [0.25, 0.3) is 0 Å². The summed E-state index contributed by atoms with van der Waals surface area (Å²) in [5, 5.41) is 3.64. The predicted molar refractivity (Wildman–Crippen MR) is 83.6 cm³/mol. The maximum atomic E-state index is 12.2. The molecule has 1 aromatic carbocycles. The summed E-state index contributed by atoms with van der Waals surface area (Å²) in [4.78, 5) is 12.2. The summed E-state index contributed by atoms with van der Waals surface area (Å²) in [6.07, 6.45) is 4.60. The molecular formula is C18H25NO2. The number of piperidine rings is 1. The topological polar surface area (TPSA) is 38.3 Å². The lowest BCUT2D eigenvalue weighted by Crippen LogP contribution is -2.42. The summed E-state index contributed by atoms with van der Waals surface area (Å²) in [6, 6.07) is 6.79. The van der Waals surface area contributed by atoms with E-state index in [9.17, 15) is 4.79 Å². The fourth-order valence-corrected chi connectivity index (χ4v) is 3.47. The third kappa shape index (κ3) is 2.84. The maximum Gasteiger partial charge on any atom is 0.316 e. The first-order valence-electron chi connectivity index (χ1n) is 8.04. The lowest BCUT2D eigenvalue weighted by Gasteiger charge is -2.38. The number of hydrogen-bond acceptors (Lipinski definition) is 3. The minimum Gasteiger partial charge on any atom is -0.426 e. The van der Waals surface area contributed by atoms with Gasteiger partial charge in [0.1, 0.15) is 5.75 Å². The van der Waals surface area contributed by atoms with Gasteiger partial charge in [-0.15, -0.1) is 0 Å². The van der Waals surface area contributed by atoms with Gasteiger partial charge in [0.15, 0.2) is 0 Å². The number of rotatable bonds is 1. The minimum atomic E-state index is -0.466. The number of fused-ring (bicyclic) bond motifs is 3. The molecule has 3 heteroatoms. The molecule has 1 heterocycles. The molecule has 0 amide bonds. The standard InChI is InChI=1S/C18H25NO2/c1-18(2,3)17(20)21-16-8-4-6-12-13-7-5-11-19-15(13)10-9-14(12)16/h4,6,8,13,15,19H,5,7,9-11H2,1-3H3/t13-,15-/m1/s1. The molecule has 1 aromatic rings. The summed E-state index contributed by atoms with van der Waals surface area (Å²) < 4.78 is 5.70. The Kier molecular flexibility index (Phi) is 3.78. The van der Waals surface area contributed by atoms with Gasteiger partial charge >= 0.3 is 5.97 Å². The zero-order chi connectivity index (χ0) is 15.0. The Morgan fingerprint density at radius 2 is 2.10 bits per heavy atom. The molecule has 0 saturated carbocycles. The van der Waals surface area contributed by atoms with Crippen molar-refractivity contribution in [3.63, 3.8) is 0 Å². The lowest BCUT2D eigenvalue weighted by atomic mass is 9.75. The van der Waals surface area contributed by atoms with Gasteiger partial charge in [0.2, 0.25) is 0 Å². The molecule has 0 radical (unpaired) electrons. The Bertz CT molecular complexity index is 545. The second-order valence-corrected chi connectivity index (χ2v) is 7.31. The number of carbonyl (C=O) groups is 1. The van der Waals surface area contributed by atoms with E-state index >= 15 is 0 Å². The molecule has 1 aliphatic carbocycles. The number of benzene rings is 1. The van der Waals surface area contributed by atoms with Crippen LogP contribution in [0.3, 0.4) is 0 Å². The van der Waals surface area contributed by atoms with Gasteiger partial charge in [0, 0.05) is 6.04 Å². The van der Waals surface area contributed by atoms with E-state index in [1.165, 1.54) is 24.0 Å². The molecule has 1 aliphatic heterocycles. The molecule has 2 atom stereocenters. The molecule has 3 rings (SSSR count). The highest BCUT2D eigenvalue weighted by Gasteiger charge is 2.33. The van der Waals surface area contributed by atoms with E-state index in [4.69, 9.17) is 4.74 Å². The first-order valence-corrected chi connectivity index (χ1v) is 8.04. The van der Waals surface area contributed by atoms with Crippen LogP contribution in [0, 0.1) is 5.41 Å². The molecule has 0 aromatic heterocycles. The zero-order valence-electron chi connectivity index (χ0n) is 13.2. The van der Waals surface area contributed by atoms with E-state index in [1.807, 2.05) is 32.9 Å². The summed E-state index contributed by atoms with van der Waals surface area (Å²) >= 11 is 0. The normalized spacial score (nSPS) is 24.9. The number of carbonyl (C=O) groups excluding carboxylic acids is 1. The molecule has 0 bridgehead atoms. The van der Waals surface area contributed by atoms with Crippen LogP contribution in [0.1, 0.15) is 57.1 Å². The number of hydrogen-bond donors (Lipinski definition) is 1. The molecular weight excluding hydrogens is 262 g/mol. The van der Waals surface area contributed by atoms with Crippen LogP contribution < -0.4 is 10.1 Å². The quantitative estimate of drug-likeness (QED) is 0.635. The van der Waals surface area contributed by atoms with Crippen molar-refractivity contribution in [2.24, 2.45) is 5.41 Å². The number of nitrogens with one attached hydrogen (secondary N) is 1. The first kappa shape index (κ1) is 14.6. The third-order valence-electron chi connectivity index (χ3n) is 4.67. The van der Waals surface area contributed by atoms with Crippen molar-refractivity contribution in [3.8, 4) is 5.75 Å². The highest BCUT2D eigenvalue weighted by atomic mass is 16.5. The Labute approximate surface area is 127 Å². The van der Waals surface area contributed by atoms with E-state index in [0.717, 1.165) is 25.1 Å². The fraction of sp³-hybridized carbons (Fsp3) is 0.611. The van der Waals surface area contributed by atoms with Gasteiger partial charge in [-0.3, -0.25) is 4.79 Å². The van der Waals surface area contributed by atoms with Crippen LogP contribution in [0.4, 0.5) is 0 Å². The zero-order valence-corrected chi connectivity index (χ0v) is 13.2. The van der Waals surface area contributed by atoms with Gasteiger partial charge in [-0.25, -0.2) is 0 Å². The van der Waals surface area contributed by atoms with Crippen molar-refractivity contribution in [2.45, 2.75) is 58.4 Å². The Morgan fingerprint density at radius 1 is 1.29 bits per heavy atom. The van der Waals surface area contributed by atoms with Crippen LogP contribution >= 0.6 is 0 Å². The monoisotopic (exact) mass is 287 g/mol. The van der Waals surface area contributed by atoms with Crippen molar-refractivity contribution < 1.29 is 9.53 Å². The molecule has 3 nitrogen and oxygen atoms in total. The largest absolute Gasteiger partial charge is 0.426 e. The van der Waals surface area contributed by atoms with Crippen LogP contribution in [-0.4, -0.2) is 18.6 Å². The van der Waals surface area contributed by atoms with Gasteiger partial charge in [0.05, 0.1) is 5.41 Å². The molecule has 21 heavy (non-hydrogen) atoms. The molecule has 0 spiro atoms.